The highest BCUT2D eigenvalue weighted by Gasteiger charge is 2.24. The molecule has 1 aromatic heterocycles. The molecule has 1 aliphatic heterocycles. The van der Waals surface area contributed by atoms with Crippen LogP contribution < -0.4 is 9.47 Å². The molecular weight excluding hydrogens is 524 g/mol. The lowest BCUT2D eigenvalue weighted by molar-refractivity contribution is -0.133. The standard InChI is InChI=1S/C32H40N2O5S/c1-3-4-5-6-9-25-11-14-27(15-12-25)32(36)33(17-8-18-37-2)23-31(35)34(22-28-10-7-19-40-28)21-26-13-16-29-30(20-26)39-24-38-29/h7,10-16,19-20H,3-6,8-9,17-18,21-24H2,1-2H3. The predicted octanol–water partition coefficient (Wildman–Crippen LogP) is 6.31. The summed E-state index contributed by atoms with van der Waals surface area (Å²) < 4.78 is 16.2. The van der Waals surface area contributed by atoms with Gasteiger partial charge in [0.2, 0.25) is 12.7 Å². The van der Waals surface area contributed by atoms with Gasteiger partial charge in [-0.1, -0.05) is 50.5 Å². The number of hydrogen-bond acceptors (Lipinski definition) is 6. The molecular formula is C32H40N2O5S. The smallest absolute Gasteiger partial charge is 0.254 e. The highest BCUT2D eigenvalue weighted by molar-refractivity contribution is 7.09. The molecule has 3 aromatic rings. The number of benzene rings is 2. The van der Waals surface area contributed by atoms with Gasteiger partial charge in [-0.05, 0) is 66.1 Å². The lowest BCUT2D eigenvalue weighted by atomic mass is 10.0. The minimum atomic E-state index is -0.138. The molecule has 40 heavy (non-hydrogen) atoms. The van der Waals surface area contributed by atoms with Crippen LogP contribution in [0.4, 0.5) is 0 Å². The van der Waals surface area contributed by atoms with Gasteiger partial charge in [0.15, 0.2) is 11.5 Å². The quantitative estimate of drug-likeness (QED) is 0.191. The van der Waals surface area contributed by atoms with E-state index in [2.05, 4.69) is 6.92 Å². The molecule has 2 heterocycles. The molecule has 0 bridgehead atoms. The third-order valence-corrected chi connectivity index (χ3v) is 7.86. The van der Waals surface area contributed by atoms with E-state index in [-0.39, 0.29) is 25.2 Å². The molecule has 0 atom stereocenters. The lowest BCUT2D eigenvalue weighted by Crippen LogP contribution is -2.43. The minimum Gasteiger partial charge on any atom is -0.454 e. The summed E-state index contributed by atoms with van der Waals surface area (Å²) in [6, 6.07) is 17.6. The SMILES string of the molecule is CCCCCCc1ccc(C(=O)N(CCCOC)CC(=O)N(Cc2ccc3c(c2)OCO3)Cc2cccs2)cc1. The van der Waals surface area contributed by atoms with Gasteiger partial charge < -0.3 is 24.0 Å². The molecule has 8 heteroatoms. The number of unbranched alkanes of at least 4 members (excludes halogenated alkanes) is 3. The van der Waals surface area contributed by atoms with Crippen molar-refractivity contribution >= 4 is 23.2 Å². The van der Waals surface area contributed by atoms with Crippen molar-refractivity contribution in [2.45, 2.75) is 58.5 Å². The number of methoxy groups -OCH3 is 1. The average molecular weight is 565 g/mol. The van der Waals surface area contributed by atoms with Crippen LogP contribution in [-0.2, 0) is 29.0 Å². The number of aryl methyl sites for hydroxylation is 1. The van der Waals surface area contributed by atoms with Crippen molar-refractivity contribution in [3.63, 3.8) is 0 Å². The Balaban J connectivity index is 1.47. The van der Waals surface area contributed by atoms with Gasteiger partial charge >= 0.3 is 0 Å². The van der Waals surface area contributed by atoms with E-state index >= 15 is 0 Å². The first-order valence-electron chi connectivity index (χ1n) is 14.1. The Labute approximate surface area is 241 Å². The number of nitrogens with zero attached hydrogens (tertiary/aromatic N) is 2. The number of hydrogen-bond donors (Lipinski definition) is 0. The van der Waals surface area contributed by atoms with Gasteiger partial charge in [-0.15, -0.1) is 11.3 Å². The largest absolute Gasteiger partial charge is 0.454 e. The second-order valence-electron chi connectivity index (χ2n) is 10.1. The van der Waals surface area contributed by atoms with Crippen molar-refractivity contribution < 1.29 is 23.8 Å². The zero-order chi connectivity index (χ0) is 28.2. The molecule has 4 rings (SSSR count). The molecule has 2 aromatic carbocycles. The summed E-state index contributed by atoms with van der Waals surface area (Å²) in [6.45, 7) is 4.24. The van der Waals surface area contributed by atoms with E-state index in [0.29, 0.717) is 49.7 Å². The summed E-state index contributed by atoms with van der Waals surface area (Å²) in [6.07, 6.45) is 6.51. The van der Waals surface area contributed by atoms with Crippen LogP contribution >= 0.6 is 11.3 Å². The van der Waals surface area contributed by atoms with Crippen molar-refractivity contribution in [2.24, 2.45) is 0 Å². The Hall–Kier alpha value is -3.36. The molecule has 0 saturated carbocycles. The number of ether oxygens (including phenoxy) is 3. The van der Waals surface area contributed by atoms with Crippen molar-refractivity contribution in [2.75, 3.05) is 33.6 Å². The molecule has 0 saturated heterocycles. The van der Waals surface area contributed by atoms with Gasteiger partial charge in [-0.25, -0.2) is 0 Å². The van der Waals surface area contributed by atoms with Crippen LogP contribution in [0, 0.1) is 0 Å². The zero-order valence-corrected chi connectivity index (χ0v) is 24.4. The molecule has 7 nitrogen and oxygen atoms in total. The fourth-order valence-electron chi connectivity index (χ4n) is 4.75. The van der Waals surface area contributed by atoms with Crippen LogP contribution in [0.5, 0.6) is 11.5 Å². The number of carbonyl (C=O) groups is 2. The Bertz CT molecular complexity index is 1210. The molecule has 0 unspecified atom stereocenters. The normalized spacial score (nSPS) is 11.9. The number of carbonyl (C=O) groups excluding carboxylic acids is 2. The molecule has 214 valence electrons. The van der Waals surface area contributed by atoms with Gasteiger partial charge in [-0.3, -0.25) is 9.59 Å². The third kappa shape index (κ3) is 8.57. The summed E-state index contributed by atoms with van der Waals surface area (Å²) in [5.74, 6) is 1.15. The highest BCUT2D eigenvalue weighted by atomic mass is 32.1. The van der Waals surface area contributed by atoms with Crippen molar-refractivity contribution in [1.82, 2.24) is 9.80 Å². The van der Waals surface area contributed by atoms with Crippen molar-refractivity contribution in [3.8, 4) is 11.5 Å². The van der Waals surface area contributed by atoms with Gasteiger partial charge in [0.05, 0.1) is 6.54 Å². The minimum absolute atomic E-state index is 0.00273. The molecule has 0 fully saturated rings. The maximum atomic E-state index is 13.8. The van der Waals surface area contributed by atoms with Gasteiger partial charge in [0, 0.05) is 37.2 Å². The molecule has 2 amide bonds. The second-order valence-corrected chi connectivity index (χ2v) is 11.1. The van der Waals surface area contributed by atoms with Crippen LogP contribution in [0.3, 0.4) is 0 Å². The predicted molar refractivity (Wildman–Crippen MR) is 158 cm³/mol. The van der Waals surface area contributed by atoms with E-state index in [4.69, 9.17) is 14.2 Å². The van der Waals surface area contributed by atoms with E-state index in [1.165, 1.54) is 24.8 Å². The monoisotopic (exact) mass is 564 g/mol. The lowest BCUT2D eigenvalue weighted by Gasteiger charge is -2.28. The molecule has 1 aliphatic rings. The van der Waals surface area contributed by atoms with Crippen LogP contribution in [0.15, 0.2) is 60.0 Å². The Morgan fingerprint density at radius 3 is 2.45 bits per heavy atom. The van der Waals surface area contributed by atoms with E-state index in [1.807, 2.05) is 60.0 Å². The fourth-order valence-corrected chi connectivity index (χ4v) is 5.47. The molecule has 0 N–H and O–H groups in total. The van der Waals surface area contributed by atoms with Crippen LogP contribution in [0.2, 0.25) is 0 Å². The van der Waals surface area contributed by atoms with Crippen molar-refractivity contribution in [3.05, 3.63) is 81.5 Å². The molecule has 0 spiro atoms. The maximum absolute atomic E-state index is 13.8. The Morgan fingerprint density at radius 2 is 1.70 bits per heavy atom. The van der Waals surface area contributed by atoms with E-state index in [1.54, 1.807) is 28.2 Å². The zero-order valence-electron chi connectivity index (χ0n) is 23.6. The number of amides is 2. The Kier molecular flexibility index (Phi) is 11.4. The summed E-state index contributed by atoms with van der Waals surface area (Å²) in [7, 11) is 1.64. The fraction of sp³-hybridized carbons (Fsp3) is 0.438. The van der Waals surface area contributed by atoms with Gasteiger partial charge in [0.1, 0.15) is 6.54 Å². The first kappa shape index (κ1) is 29.6. The average Bonchev–Trinajstić information content (AvgIpc) is 3.66. The summed E-state index contributed by atoms with van der Waals surface area (Å²) >= 11 is 1.61. The second kappa shape index (κ2) is 15.4. The van der Waals surface area contributed by atoms with Gasteiger partial charge in [0.25, 0.3) is 5.91 Å². The summed E-state index contributed by atoms with van der Waals surface area (Å²) in [4.78, 5) is 31.9. The van der Waals surface area contributed by atoms with Gasteiger partial charge in [-0.2, -0.15) is 0 Å². The van der Waals surface area contributed by atoms with E-state index in [9.17, 15) is 9.59 Å². The summed E-state index contributed by atoms with van der Waals surface area (Å²) in [5, 5.41) is 2.01. The van der Waals surface area contributed by atoms with Crippen molar-refractivity contribution in [1.29, 1.82) is 0 Å². The van der Waals surface area contributed by atoms with Crippen LogP contribution in [-0.4, -0.2) is 55.2 Å². The highest BCUT2D eigenvalue weighted by Crippen LogP contribution is 2.33. The molecule has 0 aliphatic carbocycles. The van der Waals surface area contributed by atoms with E-state index in [0.717, 1.165) is 23.3 Å². The van der Waals surface area contributed by atoms with Crippen LogP contribution in [0.1, 0.15) is 65.4 Å². The number of thiophene rings is 1. The first-order valence-corrected chi connectivity index (χ1v) is 15.0. The number of fused-ring (bicyclic) bond motifs is 1. The molecule has 0 radical (unpaired) electrons. The van der Waals surface area contributed by atoms with E-state index < -0.39 is 0 Å². The third-order valence-electron chi connectivity index (χ3n) is 7.00. The maximum Gasteiger partial charge on any atom is 0.254 e. The first-order chi connectivity index (χ1) is 19.6. The Morgan fingerprint density at radius 1 is 0.900 bits per heavy atom. The topological polar surface area (TPSA) is 68.3 Å². The number of rotatable bonds is 16. The summed E-state index contributed by atoms with van der Waals surface area (Å²) in [5.41, 5.74) is 2.78. The van der Waals surface area contributed by atoms with Crippen LogP contribution in [0.25, 0.3) is 0 Å².